The molecule has 0 saturated carbocycles. The second-order valence-electron chi connectivity index (χ2n) is 10.1. The molecular weight excluding hydrogens is 376 g/mol. The third kappa shape index (κ3) is 6.20. The van der Waals surface area contributed by atoms with E-state index in [2.05, 4.69) is 86.5 Å². The third-order valence-corrected chi connectivity index (χ3v) is 7.09. The van der Waals surface area contributed by atoms with Crippen molar-refractivity contribution < 1.29 is 0 Å². The molecule has 0 radical (unpaired) electrons. The van der Waals surface area contributed by atoms with E-state index in [4.69, 9.17) is 0 Å². The molecule has 2 nitrogen and oxygen atoms in total. The van der Waals surface area contributed by atoms with Crippen LogP contribution in [0, 0.1) is 0 Å². The van der Waals surface area contributed by atoms with E-state index in [1.54, 1.807) is 11.1 Å². The number of unbranched alkanes of at least 4 members (excludes halogenated alkanes) is 6. The Labute approximate surface area is 191 Å². The topological polar surface area (TPSA) is 6.48 Å². The number of benzene rings is 2. The van der Waals surface area contributed by atoms with Crippen molar-refractivity contribution in [1.29, 1.82) is 0 Å². The summed E-state index contributed by atoms with van der Waals surface area (Å²) >= 11 is 0. The Hall–Kier alpha value is -1.64. The molecule has 0 atom stereocenters. The van der Waals surface area contributed by atoms with Crippen LogP contribution < -0.4 is 0 Å². The third-order valence-electron chi connectivity index (χ3n) is 7.09. The van der Waals surface area contributed by atoms with Crippen molar-refractivity contribution in [2.75, 3.05) is 41.3 Å². The van der Waals surface area contributed by atoms with Crippen LogP contribution in [0.4, 0.5) is 0 Å². The number of rotatable bonds is 14. The molecule has 0 heterocycles. The minimum absolute atomic E-state index is 0.219. The van der Waals surface area contributed by atoms with Crippen molar-refractivity contribution >= 4 is 0 Å². The van der Waals surface area contributed by atoms with Gasteiger partial charge in [0.15, 0.2) is 0 Å². The lowest BCUT2D eigenvalue weighted by Crippen LogP contribution is -2.25. The monoisotopic (exact) mass is 420 g/mol. The van der Waals surface area contributed by atoms with Gasteiger partial charge in [-0.2, -0.15) is 0 Å². The Kier molecular flexibility index (Phi) is 9.16. The van der Waals surface area contributed by atoms with Crippen molar-refractivity contribution in [3.8, 4) is 11.1 Å². The zero-order valence-electron chi connectivity index (χ0n) is 20.5. The Morgan fingerprint density at radius 2 is 0.903 bits per heavy atom. The second kappa shape index (κ2) is 11.8. The van der Waals surface area contributed by atoms with E-state index < -0.39 is 0 Å². The quantitative estimate of drug-likeness (QED) is 0.304. The lowest BCUT2D eigenvalue weighted by Gasteiger charge is -2.33. The average Bonchev–Trinajstić information content (AvgIpc) is 3.03. The molecule has 0 aliphatic heterocycles. The fourth-order valence-electron chi connectivity index (χ4n) is 5.50. The predicted molar refractivity (Wildman–Crippen MR) is 136 cm³/mol. The molecule has 1 aliphatic carbocycles. The molecule has 0 aromatic heterocycles. The highest BCUT2D eigenvalue weighted by Gasteiger charge is 2.41. The molecule has 0 unspecified atom stereocenters. The van der Waals surface area contributed by atoms with E-state index in [-0.39, 0.29) is 5.41 Å². The molecule has 0 saturated heterocycles. The van der Waals surface area contributed by atoms with Crippen molar-refractivity contribution in [2.24, 2.45) is 0 Å². The van der Waals surface area contributed by atoms with E-state index in [9.17, 15) is 0 Å². The minimum atomic E-state index is 0.219. The summed E-state index contributed by atoms with van der Waals surface area (Å²) in [6.07, 6.45) is 13.3. The first-order valence-corrected chi connectivity index (χ1v) is 12.5. The fourth-order valence-corrected chi connectivity index (χ4v) is 5.50. The van der Waals surface area contributed by atoms with E-state index in [0.29, 0.717) is 0 Å². The summed E-state index contributed by atoms with van der Waals surface area (Å²) in [6, 6.07) is 18.5. The summed E-state index contributed by atoms with van der Waals surface area (Å²) in [5, 5.41) is 0. The van der Waals surface area contributed by atoms with Crippen LogP contribution in [0.3, 0.4) is 0 Å². The van der Waals surface area contributed by atoms with Crippen LogP contribution >= 0.6 is 0 Å². The largest absolute Gasteiger partial charge is 0.309 e. The summed E-state index contributed by atoms with van der Waals surface area (Å²) in [4.78, 5) is 4.61. The fraction of sp³-hybridized carbons (Fsp3) is 0.586. The SMILES string of the molecule is CN(C)CCCCCCC1(CCCCCCN(C)C)c2ccccc2-c2ccccc21. The summed E-state index contributed by atoms with van der Waals surface area (Å²) < 4.78 is 0. The van der Waals surface area contributed by atoms with Gasteiger partial charge in [-0.1, -0.05) is 87.1 Å². The van der Waals surface area contributed by atoms with Crippen molar-refractivity contribution in [3.05, 3.63) is 59.7 Å². The van der Waals surface area contributed by atoms with Crippen molar-refractivity contribution in [2.45, 2.75) is 69.6 Å². The maximum atomic E-state index is 2.42. The standard InChI is InChI=1S/C29H44N2/c1-30(2)23-15-7-5-13-21-29(22-14-6-8-16-24-31(3)4)27-19-11-9-17-25(27)26-18-10-12-20-28(26)29/h9-12,17-20H,5-8,13-16,21-24H2,1-4H3. The molecule has 2 aromatic carbocycles. The second-order valence-corrected chi connectivity index (χ2v) is 10.1. The van der Waals surface area contributed by atoms with Gasteiger partial charge in [-0.05, 0) is 89.2 Å². The highest BCUT2D eigenvalue weighted by atomic mass is 15.0. The normalized spacial score (nSPS) is 14.3. The maximum Gasteiger partial charge on any atom is 0.0215 e. The van der Waals surface area contributed by atoms with Gasteiger partial charge < -0.3 is 9.80 Å². The molecule has 0 amide bonds. The van der Waals surface area contributed by atoms with Gasteiger partial charge in [0.2, 0.25) is 0 Å². The molecule has 0 bridgehead atoms. The van der Waals surface area contributed by atoms with E-state index >= 15 is 0 Å². The summed E-state index contributed by atoms with van der Waals surface area (Å²) in [6.45, 7) is 2.42. The average molecular weight is 421 g/mol. The van der Waals surface area contributed by atoms with Gasteiger partial charge in [0.05, 0.1) is 0 Å². The number of fused-ring (bicyclic) bond motifs is 3. The Morgan fingerprint density at radius 1 is 0.516 bits per heavy atom. The minimum Gasteiger partial charge on any atom is -0.309 e. The zero-order valence-corrected chi connectivity index (χ0v) is 20.5. The molecule has 1 aliphatic rings. The molecular formula is C29H44N2. The lowest BCUT2D eigenvalue weighted by atomic mass is 9.70. The molecule has 2 aromatic rings. The number of hydrogen-bond acceptors (Lipinski definition) is 2. The summed E-state index contributed by atoms with van der Waals surface area (Å²) in [7, 11) is 8.72. The Bertz CT molecular complexity index is 725. The van der Waals surface area contributed by atoms with Crippen LogP contribution in [-0.2, 0) is 5.41 Å². The van der Waals surface area contributed by atoms with Gasteiger partial charge in [0, 0.05) is 5.41 Å². The van der Waals surface area contributed by atoms with Crippen LogP contribution in [0.25, 0.3) is 11.1 Å². The molecule has 0 N–H and O–H groups in total. The van der Waals surface area contributed by atoms with Crippen LogP contribution in [0.2, 0.25) is 0 Å². The highest BCUT2D eigenvalue weighted by Crippen LogP contribution is 2.53. The van der Waals surface area contributed by atoms with Crippen molar-refractivity contribution in [3.63, 3.8) is 0 Å². The highest BCUT2D eigenvalue weighted by molar-refractivity contribution is 5.80. The lowest BCUT2D eigenvalue weighted by molar-refractivity contribution is 0.368. The molecule has 0 spiro atoms. The van der Waals surface area contributed by atoms with Gasteiger partial charge in [-0.3, -0.25) is 0 Å². The van der Waals surface area contributed by atoms with Gasteiger partial charge in [-0.25, -0.2) is 0 Å². The maximum absolute atomic E-state index is 2.42. The Balaban J connectivity index is 1.71. The summed E-state index contributed by atoms with van der Waals surface area (Å²) in [5.41, 5.74) is 6.38. The zero-order chi connectivity index (χ0) is 22.1. The Morgan fingerprint density at radius 3 is 1.32 bits per heavy atom. The van der Waals surface area contributed by atoms with Gasteiger partial charge >= 0.3 is 0 Å². The van der Waals surface area contributed by atoms with Crippen molar-refractivity contribution in [1.82, 2.24) is 9.80 Å². The van der Waals surface area contributed by atoms with Gasteiger partial charge in [0.25, 0.3) is 0 Å². The smallest absolute Gasteiger partial charge is 0.0215 e. The first-order chi connectivity index (χ1) is 15.0. The van der Waals surface area contributed by atoms with Crippen LogP contribution in [-0.4, -0.2) is 51.1 Å². The number of nitrogens with zero attached hydrogens (tertiary/aromatic N) is 2. The van der Waals surface area contributed by atoms with Crippen LogP contribution in [0.1, 0.15) is 75.3 Å². The first-order valence-electron chi connectivity index (χ1n) is 12.5. The van der Waals surface area contributed by atoms with Crippen LogP contribution in [0.15, 0.2) is 48.5 Å². The first kappa shape index (κ1) is 24.0. The van der Waals surface area contributed by atoms with E-state index in [0.717, 1.165) is 0 Å². The summed E-state index contributed by atoms with van der Waals surface area (Å²) in [5.74, 6) is 0. The predicted octanol–water partition coefficient (Wildman–Crippen LogP) is 6.98. The van der Waals surface area contributed by atoms with Gasteiger partial charge in [0.1, 0.15) is 0 Å². The number of hydrogen-bond donors (Lipinski definition) is 0. The molecule has 3 rings (SSSR count). The van der Waals surface area contributed by atoms with Crippen LogP contribution in [0.5, 0.6) is 0 Å². The molecule has 2 heteroatoms. The van der Waals surface area contributed by atoms with E-state index in [1.807, 2.05) is 0 Å². The van der Waals surface area contributed by atoms with Gasteiger partial charge in [-0.15, -0.1) is 0 Å². The molecule has 170 valence electrons. The molecule has 31 heavy (non-hydrogen) atoms. The van der Waals surface area contributed by atoms with E-state index in [1.165, 1.54) is 88.4 Å². The molecule has 0 fully saturated rings.